The Morgan fingerprint density at radius 2 is 2.19 bits per heavy atom. The Bertz CT molecular complexity index is 398. The highest BCUT2D eigenvalue weighted by Gasteiger charge is 2.22. The van der Waals surface area contributed by atoms with Crippen LogP contribution in [-0.2, 0) is 11.8 Å². The van der Waals surface area contributed by atoms with Gasteiger partial charge < -0.3 is 10.0 Å². The molecule has 6 heteroatoms. The van der Waals surface area contributed by atoms with Gasteiger partial charge in [0.15, 0.2) is 0 Å². The number of amides is 1. The van der Waals surface area contributed by atoms with Gasteiger partial charge in [0.2, 0.25) is 0 Å². The van der Waals surface area contributed by atoms with E-state index >= 15 is 0 Å². The standard InChI is InChI=1S/C10H15N3O3/c1-7(2)13(6-9(14)15)10(16)8-4-5-12(3)11-8/h4-5,7H,6H2,1-3H3,(H,14,15). The van der Waals surface area contributed by atoms with Gasteiger partial charge in [0.1, 0.15) is 12.2 Å². The van der Waals surface area contributed by atoms with Crippen LogP contribution in [0.5, 0.6) is 0 Å². The first-order chi connectivity index (χ1) is 7.41. The lowest BCUT2D eigenvalue weighted by molar-refractivity contribution is -0.138. The van der Waals surface area contributed by atoms with Crippen molar-refractivity contribution in [2.45, 2.75) is 19.9 Å². The maximum atomic E-state index is 11.9. The molecular formula is C10H15N3O3. The molecule has 1 aromatic heterocycles. The molecule has 0 aromatic carbocycles. The first-order valence-corrected chi connectivity index (χ1v) is 4.94. The number of carbonyl (C=O) groups excluding carboxylic acids is 1. The first kappa shape index (κ1) is 12.2. The Hall–Kier alpha value is -1.85. The Balaban J connectivity index is 2.87. The smallest absolute Gasteiger partial charge is 0.323 e. The van der Waals surface area contributed by atoms with Crippen LogP contribution in [0.1, 0.15) is 24.3 Å². The molecule has 0 radical (unpaired) electrons. The van der Waals surface area contributed by atoms with E-state index in [1.54, 1.807) is 33.2 Å². The van der Waals surface area contributed by atoms with Crippen molar-refractivity contribution in [1.82, 2.24) is 14.7 Å². The number of rotatable bonds is 4. The second-order valence-corrected chi connectivity index (χ2v) is 3.80. The molecule has 88 valence electrons. The van der Waals surface area contributed by atoms with E-state index in [2.05, 4.69) is 5.10 Å². The molecule has 1 aromatic rings. The molecule has 0 bridgehead atoms. The highest BCUT2D eigenvalue weighted by Crippen LogP contribution is 2.06. The monoisotopic (exact) mass is 225 g/mol. The van der Waals surface area contributed by atoms with Gasteiger partial charge in [0.25, 0.3) is 5.91 Å². The van der Waals surface area contributed by atoms with Crippen LogP contribution >= 0.6 is 0 Å². The summed E-state index contributed by atoms with van der Waals surface area (Å²) in [6, 6.07) is 1.39. The topological polar surface area (TPSA) is 75.4 Å². The fourth-order valence-electron chi connectivity index (χ4n) is 1.31. The zero-order valence-electron chi connectivity index (χ0n) is 9.54. The number of hydrogen-bond donors (Lipinski definition) is 1. The van der Waals surface area contributed by atoms with Gasteiger partial charge in [0.05, 0.1) is 0 Å². The van der Waals surface area contributed by atoms with Crippen LogP contribution < -0.4 is 0 Å². The van der Waals surface area contributed by atoms with Gasteiger partial charge in [-0.15, -0.1) is 0 Å². The van der Waals surface area contributed by atoms with E-state index < -0.39 is 5.97 Å². The molecule has 1 rings (SSSR count). The van der Waals surface area contributed by atoms with Crippen LogP contribution in [0.3, 0.4) is 0 Å². The van der Waals surface area contributed by atoms with E-state index in [0.717, 1.165) is 0 Å². The summed E-state index contributed by atoms with van der Waals surface area (Å²) in [4.78, 5) is 23.8. The number of aliphatic carboxylic acids is 1. The summed E-state index contributed by atoms with van der Waals surface area (Å²) in [6.07, 6.45) is 1.65. The van der Waals surface area contributed by atoms with Crippen molar-refractivity contribution in [3.63, 3.8) is 0 Å². The molecule has 0 aliphatic carbocycles. The number of aryl methyl sites for hydroxylation is 1. The van der Waals surface area contributed by atoms with Crippen LogP contribution in [-0.4, -0.2) is 44.3 Å². The fraction of sp³-hybridized carbons (Fsp3) is 0.500. The summed E-state index contributed by atoms with van der Waals surface area (Å²) in [5.74, 6) is -1.39. The van der Waals surface area contributed by atoms with E-state index in [1.807, 2.05) is 0 Å². The molecule has 6 nitrogen and oxygen atoms in total. The third-order valence-corrected chi connectivity index (χ3v) is 2.12. The SMILES string of the molecule is CC(C)N(CC(=O)O)C(=O)c1ccn(C)n1. The van der Waals surface area contributed by atoms with Crippen LogP contribution in [0.4, 0.5) is 0 Å². The van der Waals surface area contributed by atoms with Crippen molar-refractivity contribution < 1.29 is 14.7 Å². The van der Waals surface area contributed by atoms with Gasteiger partial charge in [-0.2, -0.15) is 5.10 Å². The van der Waals surface area contributed by atoms with E-state index in [-0.39, 0.29) is 24.2 Å². The normalized spacial score (nSPS) is 10.5. The molecule has 16 heavy (non-hydrogen) atoms. The highest BCUT2D eigenvalue weighted by atomic mass is 16.4. The molecule has 1 heterocycles. The van der Waals surface area contributed by atoms with Crippen LogP contribution in [0.15, 0.2) is 12.3 Å². The summed E-state index contributed by atoms with van der Waals surface area (Å²) in [5.41, 5.74) is 0.262. The maximum absolute atomic E-state index is 11.9. The summed E-state index contributed by atoms with van der Waals surface area (Å²) in [5, 5.41) is 12.7. The lowest BCUT2D eigenvalue weighted by Crippen LogP contribution is -2.40. The summed E-state index contributed by atoms with van der Waals surface area (Å²) < 4.78 is 1.51. The number of carboxylic acid groups (broad SMARTS) is 1. The number of aromatic nitrogens is 2. The fourth-order valence-corrected chi connectivity index (χ4v) is 1.31. The van der Waals surface area contributed by atoms with Gasteiger partial charge in [-0.1, -0.05) is 0 Å². The average Bonchev–Trinajstić information content (AvgIpc) is 2.59. The van der Waals surface area contributed by atoms with Crippen molar-refractivity contribution >= 4 is 11.9 Å². The molecule has 1 amide bonds. The number of carboxylic acids is 1. The molecule has 0 aliphatic heterocycles. The number of nitrogens with zero attached hydrogens (tertiary/aromatic N) is 3. The molecule has 1 N–H and O–H groups in total. The van der Waals surface area contributed by atoms with Gasteiger partial charge in [-0.05, 0) is 19.9 Å². The first-order valence-electron chi connectivity index (χ1n) is 4.94. The third kappa shape index (κ3) is 2.82. The lowest BCUT2D eigenvalue weighted by atomic mass is 10.2. The van der Waals surface area contributed by atoms with Crippen LogP contribution in [0.2, 0.25) is 0 Å². The second-order valence-electron chi connectivity index (χ2n) is 3.80. The Morgan fingerprint density at radius 1 is 1.56 bits per heavy atom. The molecule has 0 saturated carbocycles. The van der Waals surface area contributed by atoms with Crippen LogP contribution in [0.25, 0.3) is 0 Å². The summed E-state index contributed by atoms with van der Waals surface area (Å²) >= 11 is 0. The summed E-state index contributed by atoms with van der Waals surface area (Å²) in [6.45, 7) is 3.22. The Morgan fingerprint density at radius 3 is 2.56 bits per heavy atom. The van der Waals surface area contributed by atoms with Crippen molar-refractivity contribution in [3.05, 3.63) is 18.0 Å². The summed E-state index contributed by atoms with van der Waals surface area (Å²) in [7, 11) is 1.70. The Labute approximate surface area is 93.5 Å². The zero-order valence-corrected chi connectivity index (χ0v) is 9.54. The van der Waals surface area contributed by atoms with E-state index in [9.17, 15) is 9.59 Å². The molecule has 0 unspecified atom stereocenters. The lowest BCUT2D eigenvalue weighted by Gasteiger charge is -2.23. The zero-order chi connectivity index (χ0) is 12.3. The quantitative estimate of drug-likeness (QED) is 0.802. The van der Waals surface area contributed by atoms with E-state index in [0.29, 0.717) is 0 Å². The maximum Gasteiger partial charge on any atom is 0.323 e. The largest absolute Gasteiger partial charge is 0.480 e. The third-order valence-electron chi connectivity index (χ3n) is 2.12. The minimum absolute atomic E-state index is 0.175. The molecular weight excluding hydrogens is 210 g/mol. The molecule has 0 spiro atoms. The van der Waals surface area contributed by atoms with Crippen molar-refractivity contribution in [3.8, 4) is 0 Å². The van der Waals surface area contributed by atoms with Gasteiger partial charge in [-0.25, -0.2) is 0 Å². The minimum Gasteiger partial charge on any atom is -0.480 e. The average molecular weight is 225 g/mol. The van der Waals surface area contributed by atoms with E-state index in [4.69, 9.17) is 5.11 Å². The molecule has 0 fully saturated rings. The molecule has 0 aliphatic rings. The van der Waals surface area contributed by atoms with Gasteiger partial charge in [0, 0.05) is 19.3 Å². The van der Waals surface area contributed by atoms with Crippen molar-refractivity contribution in [2.75, 3.05) is 6.54 Å². The van der Waals surface area contributed by atoms with Crippen molar-refractivity contribution in [1.29, 1.82) is 0 Å². The van der Waals surface area contributed by atoms with Crippen molar-refractivity contribution in [2.24, 2.45) is 7.05 Å². The predicted octanol–water partition coefficient (Wildman–Crippen LogP) is 0.355. The number of carbonyl (C=O) groups is 2. The minimum atomic E-state index is -1.03. The number of hydrogen-bond acceptors (Lipinski definition) is 3. The highest BCUT2D eigenvalue weighted by molar-refractivity contribution is 5.94. The Kier molecular flexibility index (Phi) is 3.65. The second kappa shape index (κ2) is 4.78. The van der Waals surface area contributed by atoms with E-state index in [1.165, 1.54) is 9.58 Å². The van der Waals surface area contributed by atoms with Gasteiger partial charge in [-0.3, -0.25) is 14.3 Å². The van der Waals surface area contributed by atoms with Gasteiger partial charge >= 0.3 is 5.97 Å². The predicted molar refractivity (Wildman–Crippen MR) is 57.0 cm³/mol. The van der Waals surface area contributed by atoms with Crippen LogP contribution in [0, 0.1) is 0 Å². The molecule has 0 saturated heterocycles. The molecule has 0 atom stereocenters.